The molecule has 3 rings (SSSR count). The van der Waals surface area contributed by atoms with E-state index in [-0.39, 0.29) is 17.4 Å². The van der Waals surface area contributed by atoms with E-state index >= 15 is 0 Å². The molecule has 1 aliphatic carbocycles. The fraction of sp³-hybridized carbons (Fsp3) is 0.650. The fourth-order valence-corrected chi connectivity index (χ4v) is 4.13. The third-order valence-electron chi connectivity index (χ3n) is 5.66. The number of rotatable bonds is 3. The third kappa shape index (κ3) is 4.10. The standard InChI is InChI=1S/C20H31N3O/c1-20(21)12-5-4-11-18(20)19(24)22-16-9-8-10-17(15-16)23-13-6-2-3-7-14-23/h8-10,15,18H,2-7,11-14,21H2,1H3,(H,22,24). The number of benzene rings is 1. The molecule has 1 aliphatic heterocycles. The van der Waals surface area contributed by atoms with Gasteiger partial charge in [0.05, 0.1) is 5.92 Å². The second kappa shape index (κ2) is 7.56. The van der Waals surface area contributed by atoms with E-state index in [9.17, 15) is 4.79 Å². The Bertz CT molecular complexity index is 562. The highest BCUT2D eigenvalue weighted by Crippen LogP contribution is 2.33. The Labute approximate surface area is 145 Å². The highest BCUT2D eigenvalue weighted by Gasteiger charge is 2.37. The van der Waals surface area contributed by atoms with Crippen LogP contribution >= 0.6 is 0 Å². The van der Waals surface area contributed by atoms with Crippen molar-refractivity contribution in [2.45, 2.75) is 63.8 Å². The quantitative estimate of drug-likeness (QED) is 0.884. The topological polar surface area (TPSA) is 58.4 Å². The van der Waals surface area contributed by atoms with Crippen LogP contribution in [0.5, 0.6) is 0 Å². The van der Waals surface area contributed by atoms with Crippen molar-refractivity contribution in [2.24, 2.45) is 11.7 Å². The van der Waals surface area contributed by atoms with Crippen LogP contribution in [0.3, 0.4) is 0 Å². The van der Waals surface area contributed by atoms with Crippen molar-refractivity contribution in [2.75, 3.05) is 23.3 Å². The maximum Gasteiger partial charge on any atom is 0.229 e. The minimum Gasteiger partial charge on any atom is -0.371 e. The monoisotopic (exact) mass is 329 g/mol. The summed E-state index contributed by atoms with van der Waals surface area (Å²) in [6.45, 7) is 4.24. The van der Waals surface area contributed by atoms with Crippen LogP contribution in [0.25, 0.3) is 0 Å². The number of carbonyl (C=O) groups excluding carboxylic acids is 1. The molecule has 2 fully saturated rings. The summed E-state index contributed by atoms with van der Waals surface area (Å²) in [6, 6.07) is 8.28. The van der Waals surface area contributed by atoms with Crippen LogP contribution < -0.4 is 16.0 Å². The lowest BCUT2D eigenvalue weighted by Gasteiger charge is -2.37. The molecule has 132 valence electrons. The van der Waals surface area contributed by atoms with Gasteiger partial charge in [-0.1, -0.05) is 31.7 Å². The molecule has 4 heteroatoms. The number of carbonyl (C=O) groups is 1. The lowest BCUT2D eigenvalue weighted by atomic mass is 9.74. The largest absolute Gasteiger partial charge is 0.371 e. The molecule has 24 heavy (non-hydrogen) atoms. The molecule has 0 radical (unpaired) electrons. The maximum absolute atomic E-state index is 12.7. The highest BCUT2D eigenvalue weighted by molar-refractivity contribution is 5.94. The molecule has 2 unspecified atom stereocenters. The van der Waals surface area contributed by atoms with Gasteiger partial charge in [0.15, 0.2) is 0 Å². The zero-order valence-corrected chi connectivity index (χ0v) is 14.9. The average molecular weight is 329 g/mol. The Balaban J connectivity index is 1.68. The summed E-state index contributed by atoms with van der Waals surface area (Å²) in [5, 5.41) is 3.12. The van der Waals surface area contributed by atoms with Gasteiger partial charge in [0.1, 0.15) is 0 Å². The zero-order valence-electron chi connectivity index (χ0n) is 14.9. The van der Waals surface area contributed by atoms with Gasteiger partial charge < -0.3 is 16.0 Å². The van der Waals surface area contributed by atoms with E-state index in [1.54, 1.807) is 0 Å². The molecule has 2 aliphatic rings. The van der Waals surface area contributed by atoms with Crippen molar-refractivity contribution in [1.82, 2.24) is 0 Å². The molecule has 0 spiro atoms. The van der Waals surface area contributed by atoms with Gasteiger partial charge in [0.2, 0.25) is 5.91 Å². The van der Waals surface area contributed by atoms with Gasteiger partial charge in [-0.25, -0.2) is 0 Å². The summed E-state index contributed by atoms with van der Waals surface area (Å²) < 4.78 is 0. The maximum atomic E-state index is 12.7. The summed E-state index contributed by atoms with van der Waals surface area (Å²) in [6.07, 6.45) is 9.20. The first kappa shape index (κ1) is 17.3. The number of hydrogen-bond acceptors (Lipinski definition) is 3. The molecule has 1 aromatic carbocycles. The van der Waals surface area contributed by atoms with Gasteiger partial charge in [0.25, 0.3) is 0 Å². The van der Waals surface area contributed by atoms with E-state index in [2.05, 4.69) is 22.3 Å². The molecule has 1 aromatic rings. The van der Waals surface area contributed by atoms with Crippen LogP contribution in [0.4, 0.5) is 11.4 Å². The predicted octanol–water partition coefficient (Wildman–Crippen LogP) is 3.91. The van der Waals surface area contributed by atoms with E-state index in [1.807, 2.05) is 19.1 Å². The summed E-state index contributed by atoms with van der Waals surface area (Å²) in [4.78, 5) is 15.2. The van der Waals surface area contributed by atoms with E-state index in [0.29, 0.717) is 0 Å². The first-order chi connectivity index (χ1) is 11.6. The van der Waals surface area contributed by atoms with Gasteiger partial charge in [-0.3, -0.25) is 4.79 Å². The number of anilines is 2. The molecule has 3 N–H and O–H groups in total. The predicted molar refractivity (Wildman–Crippen MR) is 100 cm³/mol. The van der Waals surface area contributed by atoms with Crippen molar-refractivity contribution in [3.8, 4) is 0 Å². The number of nitrogens with zero attached hydrogens (tertiary/aromatic N) is 1. The summed E-state index contributed by atoms with van der Waals surface area (Å²) in [5.74, 6) is -0.0131. The minimum absolute atomic E-state index is 0.0766. The SMILES string of the molecule is CC1(N)CCCCC1C(=O)Nc1cccc(N2CCCCCC2)c1. The molecular weight excluding hydrogens is 298 g/mol. The summed E-state index contributed by atoms with van der Waals surface area (Å²) in [5.41, 5.74) is 8.10. The first-order valence-corrected chi connectivity index (χ1v) is 9.51. The number of nitrogens with two attached hydrogens (primary N) is 1. The van der Waals surface area contributed by atoms with Gasteiger partial charge in [-0.05, 0) is 50.8 Å². The van der Waals surface area contributed by atoms with Crippen LogP contribution in [-0.4, -0.2) is 24.5 Å². The smallest absolute Gasteiger partial charge is 0.229 e. The molecule has 1 amide bonds. The van der Waals surface area contributed by atoms with Crippen LogP contribution in [0, 0.1) is 5.92 Å². The normalized spacial score (nSPS) is 28.2. The highest BCUT2D eigenvalue weighted by atomic mass is 16.1. The van der Waals surface area contributed by atoms with E-state index in [0.717, 1.165) is 44.5 Å². The van der Waals surface area contributed by atoms with Gasteiger partial charge in [0, 0.05) is 30.0 Å². The summed E-state index contributed by atoms with van der Waals surface area (Å²) in [7, 11) is 0. The molecule has 1 saturated carbocycles. The van der Waals surface area contributed by atoms with E-state index < -0.39 is 0 Å². The van der Waals surface area contributed by atoms with Crippen LogP contribution in [-0.2, 0) is 4.79 Å². The number of hydrogen-bond donors (Lipinski definition) is 2. The Morgan fingerprint density at radius 3 is 2.62 bits per heavy atom. The minimum atomic E-state index is -0.384. The Morgan fingerprint density at radius 2 is 1.92 bits per heavy atom. The van der Waals surface area contributed by atoms with Crippen molar-refractivity contribution in [3.05, 3.63) is 24.3 Å². The molecule has 1 saturated heterocycles. The molecule has 0 bridgehead atoms. The van der Waals surface area contributed by atoms with E-state index in [1.165, 1.54) is 31.4 Å². The van der Waals surface area contributed by atoms with Crippen LogP contribution in [0.2, 0.25) is 0 Å². The lowest BCUT2D eigenvalue weighted by Crippen LogP contribution is -2.51. The molecule has 2 atom stereocenters. The van der Waals surface area contributed by atoms with Crippen molar-refractivity contribution < 1.29 is 4.79 Å². The second-order valence-corrected chi connectivity index (χ2v) is 7.75. The van der Waals surface area contributed by atoms with Gasteiger partial charge >= 0.3 is 0 Å². The molecule has 1 heterocycles. The lowest BCUT2D eigenvalue weighted by molar-refractivity contribution is -0.122. The zero-order chi connectivity index (χ0) is 17.0. The first-order valence-electron chi connectivity index (χ1n) is 9.51. The molecule has 4 nitrogen and oxygen atoms in total. The third-order valence-corrected chi connectivity index (χ3v) is 5.66. The molecule has 0 aromatic heterocycles. The Hall–Kier alpha value is -1.55. The molecular formula is C20H31N3O. The summed E-state index contributed by atoms with van der Waals surface area (Å²) >= 11 is 0. The number of amides is 1. The Morgan fingerprint density at radius 1 is 1.17 bits per heavy atom. The van der Waals surface area contributed by atoms with E-state index in [4.69, 9.17) is 5.73 Å². The van der Waals surface area contributed by atoms with Crippen molar-refractivity contribution in [3.63, 3.8) is 0 Å². The van der Waals surface area contributed by atoms with Gasteiger partial charge in [-0.15, -0.1) is 0 Å². The second-order valence-electron chi connectivity index (χ2n) is 7.75. The van der Waals surface area contributed by atoms with Crippen LogP contribution in [0.1, 0.15) is 58.3 Å². The van der Waals surface area contributed by atoms with Crippen LogP contribution in [0.15, 0.2) is 24.3 Å². The Kier molecular flexibility index (Phi) is 5.44. The number of nitrogens with one attached hydrogen (secondary N) is 1. The van der Waals surface area contributed by atoms with Gasteiger partial charge in [-0.2, -0.15) is 0 Å². The fourth-order valence-electron chi connectivity index (χ4n) is 4.13. The van der Waals surface area contributed by atoms with Crippen molar-refractivity contribution in [1.29, 1.82) is 0 Å². The average Bonchev–Trinajstić information content (AvgIpc) is 2.84. The van der Waals surface area contributed by atoms with Crippen molar-refractivity contribution >= 4 is 17.3 Å².